The van der Waals surface area contributed by atoms with Crippen LogP contribution in [-0.4, -0.2) is 37.7 Å². The lowest BCUT2D eigenvalue weighted by atomic mass is 9.96. The Labute approximate surface area is 194 Å². The van der Waals surface area contributed by atoms with Crippen LogP contribution in [0.5, 0.6) is 5.75 Å². The van der Waals surface area contributed by atoms with Gasteiger partial charge in [-0.15, -0.1) is 0 Å². The first-order valence-corrected chi connectivity index (χ1v) is 10.3. The van der Waals surface area contributed by atoms with Gasteiger partial charge in [-0.3, -0.25) is 9.59 Å². The average Bonchev–Trinajstić information content (AvgIpc) is 3.20. The second kappa shape index (κ2) is 9.82. The maximum absolute atomic E-state index is 14.1. The molecule has 2 aromatic rings. The fourth-order valence-corrected chi connectivity index (χ4v) is 3.30. The van der Waals surface area contributed by atoms with Gasteiger partial charge in [0.15, 0.2) is 5.92 Å². The summed E-state index contributed by atoms with van der Waals surface area (Å²) in [6.07, 6.45) is -0.419. The Hall–Kier alpha value is -4.08. The predicted octanol–water partition coefficient (Wildman–Crippen LogP) is 3.88. The standard InChI is InChI=1S/C24H23F2N3O5/c1-5-24(25,26)15-7-6-8-16(13-15)27-21(30)19-20(14(2)23(32)34-4)28-29(22(19)31)17-9-11-18(33-3)12-10-17/h6-13,19H,2,5H2,1,3-4H3,(H,27,30). The summed E-state index contributed by atoms with van der Waals surface area (Å²) in [5, 5.41) is 7.59. The van der Waals surface area contributed by atoms with Gasteiger partial charge in [0.05, 0.1) is 31.2 Å². The van der Waals surface area contributed by atoms with Crippen molar-refractivity contribution in [3.05, 3.63) is 66.2 Å². The molecular formula is C24H23F2N3O5. The number of ether oxygens (including phenoxy) is 2. The number of amides is 2. The summed E-state index contributed by atoms with van der Waals surface area (Å²) in [6.45, 7) is 4.96. The minimum Gasteiger partial charge on any atom is -0.497 e. The molecule has 178 valence electrons. The first kappa shape index (κ1) is 24.6. The molecule has 10 heteroatoms. The number of nitrogens with zero attached hydrogens (tertiary/aromatic N) is 2. The minimum atomic E-state index is -3.08. The molecule has 0 saturated heterocycles. The molecule has 1 unspecified atom stereocenters. The van der Waals surface area contributed by atoms with Crippen LogP contribution < -0.4 is 15.1 Å². The van der Waals surface area contributed by atoms with Crippen molar-refractivity contribution >= 4 is 34.9 Å². The number of hydrogen-bond acceptors (Lipinski definition) is 6. The zero-order valence-corrected chi connectivity index (χ0v) is 18.8. The van der Waals surface area contributed by atoms with Crippen LogP contribution in [-0.2, 0) is 25.0 Å². The van der Waals surface area contributed by atoms with Crippen LogP contribution in [0.15, 0.2) is 65.8 Å². The highest BCUT2D eigenvalue weighted by molar-refractivity contribution is 6.38. The normalized spacial score (nSPS) is 15.6. The third-order valence-electron chi connectivity index (χ3n) is 5.25. The van der Waals surface area contributed by atoms with E-state index in [9.17, 15) is 23.2 Å². The second-order valence-corrected chi connectivity index (χ2v) is 7.36. The van der Waals surface area contributed by atoms with Crippen molar-refractivity contribution in [1.29, 1.82) is 0 Å². The zero-order chi connectivity index (χ0) is 25.0. The molecule has 1 aliphatic heterocycles. The maximum atomic E-state index is 14.1. The fraction of sp³-hybridized carbons (Fsp3) is 0.250. The number of alkyl halides is 2. The van der Waals surface area contributed by atoms with Crippen molar-refractivity contribution in [2.75, 3.05) is 24.5 Å². The Morgan fingerprint density at radius 2 is 1.85 bits per heavy atom. The van der Waals surface area contributed by atoms with Gasteiger partial charge in [0.1, 0.15) is 5.75 Å². The van der Waals surface area contributed by atoms with E-state index in [4.69, 9.17) is 4.74 Å². The summed E-state index contributed by atoms with van der Waals surface area (Å²) in [7, 11) is 2.61. The number of nitrogens with one attached hydrogen (secondary N) is 1. The summed E-state index contributed by atoms with van der Waals surface area (Å²) in [5.74, 6) is -6.58. The van der Waals surface area contributed by atoms with Gasteiger partial charge in [-0.05, 0) is 36.4 Å². The highest BCUT2D eigenvalue weighted by Crippen LogP contribution is 2.33. The SMILES string of the molecule is C=C(C(=O)OC)C1=NN(c2ccc(OC)cc2)C(=O)C1C(=O)Nc1cccc(C(F)(F)CC)c1. The van der Waals surface area contributed by atoms with Crippen molar-refractivity contribution < 1.29 is 32.6 Å². The van der Waals surface area contributed by atoms with Gasteiger partial charge in [0.25, 0.3) is 11.8 Å². The van der Waals surface area contributed by atoms with E-state index in [1.807, 2.05) is 0 Å². The monoisotopic (exact) mass is 471 g/mol. The Morgan fingerprint density at radius 3 is 2.44 bits per heavy atom. The number of rotatable bonds is 8. The fourth-order valence-electron chi connectivity index (χ4n) is 3.30. The molecule has 0 bridgehead atoms. The van der Waals surface area contributed by atoms with Crippen molar-refractivity contribution in [2.45, 2.75) is 19.3 Å². The Balaban J connectivity index is 1.94. The molecule has 0 aromatic heterocycles. The molecule has 1 heterocycles. The van der Waals surface area contributed by atoms with Crippen molar-refractivity contribution in [3.8, 4) is 5.75 Å². The number of esters is 1. The molecule has 34 heavy (non-hydrogen) atoms. The Morgan fingerprint density at radius 1 is 1.18 bits per heavy atom. The topological polar surface area (TPSA) is 97.3 Å². The summed E-state index contributed by atoms with van der Waals surface area (Å²) in [4.78, 5) is 38.4. The Bertz CT molecular complexity index is 1160. The molecule has 1 aliphatic rings. The van der Waals surface area contributed by atoms with Crippen LogP contribution in [0.3, 0.4) is 0 Å². The van der Waals surface area contributed by atoms with Crippen molar-refractivity contribution in [3.63, 3.8) is 0 Å². The predicted molar refractivity (Wildman–Crippen MR) is 122 cm³/mol. The molecule has 1 atom stereocenters. The smallest absolute Gasteiger partial charge is 0.339 e. The van der Waals surface area contributed by atoms with Gasteiger partial charge in [-0.2, -0.15) is 10.1 Å². The molecule has 0 fully saturated rings. The van der Waals surface area contributed by atoms with E-state index < -0.39 is 36.0 Å². The van der Waals surface area contributed by atoms with E-state index in [0.29, 0.717) is 11.4 Å². The van der Waals surface area contributed by atoms with Crippen LogP contribution >= 0.6 is 0 Å². The van der Waals surface area contributed by atoms with Gasteiger partial charge in [-0.1, -0.05) is 25.6 Å². The maximum Gasteiger partial charge on any atom is 0.339 e. The Kier molecular flexibility index (Phi) is 7.09. The summed E-state index contributed by atoms with van der Waals surface area (Å²) < 4.78 is 37.9. The van der Waals surface area contributed by atoms with Crippen LogP contribution in [0.4, 0.5) is 20.2 Å². The quantitative estimate of drug-likeness (QED) is 0.358. The summed E-state index contributed by atoms with van der Waals surface area (Å²) >= 11 is 0. The largest absolute Gasteiger partial charge is 0.497 e. The van der Waals surface area contributed by atoms with E-state index in [1.165, 1.54) is 32.2 Å². The van der Waals surface area contributed by atoms with Crippen LogP contribution in [0.1, 0.15) is 18.9 Å². The lowest BCUT2D eigenvalue weighted by molar-refractivity contribution is -0.135. The van der Waals surface area contributed by atoms with E-state index in [-0.39, 0.29) is 22.5 Å². The number of methoxy groups -OCH3 is 2. The van der Waals surface area contributed by atoms with E-state index in [0.717, 1.165) is 18.2 Å². The number of benzene rings is 2. The molecule has 0 saturated carbocycles. The highest BCUT2D eigenvalue weighted by Gasteiger charge is 2.44. The average molecular weight is 471 g/mol. The lowest BCUT2D eigenvalue weighted by Gasteiger charge is -2.17. The molecular weight excluding hydrogens is 448 g/mol. The third kappa shape index (κ3) is 4.80. The molecule has 2 aromatic carbocycles. The first-order valence-electron chi connectivity index (χ1n) is 10.3. The summed E-state index contributed by atoms with van der Waals surface area (Å²) in [5.41, 5.74) is -0.382. The van der Waals surface area contributed by atoms with E-state index in [2.05, 4.69) is 21.7 Å². The minimum absolute atomic E-state index is 0.0642. The number of carbonyl (C=O) groups excluding carboxylic acids is 3. The number of halogens is 2. The van der Waals surface area contributed by atoms with E-state index in [1.54, 1.807) is 24.3 Å². The van der Waals surface area contributed by atoms with Gasteiger partial charge in [0, 0.05) is 17.7 Å². The third-order valence-corrected chi connectivity index (χ3v) is 5.25. The van der Waals surface area contributed by atoms with E-state index >= 15 is 0 Å². The highest BCUT2D eigenvalue weighted by atomic mass is 19.3. The number of hydrazone groups is 1. The van der Waals surface area contributed by atoms with Crippen LogP contribution in [0.25, 0.3) is 0 Å². The molecule has 0 aliphatic carbocycles. The lowest BCUT2D eigenvalue weighted by Crippen LogP contribution is -2.38. The van der Waals surface area contributed by atoms with Crippen molar-refractivity contribution in [2.24, 2.45) is 11.0 Å². The molecule has 0 radical (unpaired) electrons. The molecule has 0 spiro atoms. The van der Waals surface area contributed by atoms with Gasteiger partial charge < -0.3 is 14.8 Å². The van der Waals surface area contributed by atoms with Crippen LogP contribution in [0, 0.1) is 5.92 Å². The van der Waals surface area contributed by atoms with Gasteiger partial charge >= 0.3 is 5.97 Å². The van der Waals surface area contributed by atoms with Crippen molar-refractivity contribution in [1.82, 2.24) is 0 Å². The molecule has 8 nitrogen and oxygen atoms in total. The van der Waals surface area contributed by atoms with Crippen LogP contribution in [0.2, 0.25) is 0 Å². The second-order valence-electron chi connectivity index (χ2n) is 7.36. The molecule has 2 amide bonds. The summed E-state index contributed by atoms with van der Waals surface area (Å²) in [6, 6.07) is 11.5. The van der Waals surface area contributed by atoms with Gasteiger partial charge in [0.2, 0.25) is 5.91 Å². The number of carbonyl (C=O) groups is 3. The first-order chi connectivity index (χ1) is 16.1. The molecule has 3 rings (SSSR count). The number of anilines is 2. The molecule has 1 N–H and O–H groups in total. The zero-order valence-electron chi connectivity index (χ0n) is 18.8. The van der Waals surface area contributed by atoms with Gasteiger partial charge in [-0.25, -0.2) is 13.6 Å². The number of hydrogen-bond donors (Lipinski definition) is 1.